The molecule has 1 aromatic carbocycles. The van der Waals surface area contributed by atoms with Crippen molar-refractivity contribution in [2.45, 2.75) is 19.4 Å². The lowest BCUT2D eigenvalue weighted by atomic mass is 10.1. The molecule has 1 aromatic rings. The number of carbonyl (C=O) groups is 1. The summed E-state index contributed by atoms with van der Waals surface area (Å²) in [5, 5.41) is 9.04. The lowest BCUT2D eigenvalue weighted by Gasteiger charge is -2.33. The molecule has 4 heteroatoms. The van der Waals surface area contributed by atoms with Crippen LogP contribution < -0.4 is 9.64 Å². The SMILES string of the molecule is CCc1ccc2c(c1)N(C)C(C(=O)O)CO2. The van der Waals surface area contributed by atoms with Crippen molar-refractivity contribution < 1.29 is 14.6 Å². The summed E-state index contributed by atoms with van der Waals surface area (Å²) in [6, 6.07) is 5.31. The number of carboxylic acids is 1. The minimum atomic E-state index is -0.852. The highest BCUT2D eigenvalue weighted by atomic mass is 16.5. The van der Waals surface area contributed by atoms with Crippen LogP contribution in [0.5, 0.6) is 5.75 Å². The number of anilines is 1. The Labute approximate surface area is 94.4 Å². The van der Waals surface area contributed by atoms with Crippen molar-refractivity contribution in [3.63, 3.8) is 0 Å². The van der Waals surface area contributed by atoms with Crippen molar-refractivity contribution >= 4 is 11.7 Å². The van der Waals surface area contributed by atoms with Crippen molar-refractivity contribution in [3.05, 3.63) is 23.8 Å². The average Bonchev–Trinajstić information content (AvgIpc) is 2.28. The number of hydrogen-bond donors (Lipinski definition) is 1. The second kappa shape index (κ2) is 4.04. The molecule has 0 bridgehead atoms. The summed E-state index contributed by atoms with van der Waals surface area (Å²) in [5.74, 6) is -0.0905. The van der Waals surface area contributed by atoms with Gasteiger partial charge in [-0.25, -0.2) is 4.79 Å². The van der Waals surface area contributed by atoms with Gasteiger partial charge in [0.2, 0.25) is 0 Å². The monoisotopic (exact) mass is 221 g/mol. The molecule has 1 N–H and O–H groups in total. The number of nitrogens with zero attached hydrogens (tertiary/aromatic N) is 1. The van der Waals surface area contributed by atoms with E-state index >= 15 is 0 Å². The normalized spacial score (nSPS) is 18.9. The molecule has 4 nitrogen and oxygen atoms in total. The number of rotatable bonds is 2. The van der Waals surface area contributed by atoms with E-state index < -0.39 is 12.0 Å². The number of aryl methyl sites for hydroxylation is 1. The van der Waals surface area contributed by atoms with E-state index in [4.69, 9.17) is 9.84 Å². The first kappa shape index (κ1) is 10.8. The third-order valence-electron chi connectivity index (χ3n) is 2.96. The van der Waals surface area contributed by atoms with E-state index in [0.29, 0.717) is 0 Å². The van der Waals surface area contributed by atoms with Crippen LogP contribution in [-0.4, -0.2) is 30.8 Å². The minimum absolute atomic E-state index is 0.199. The molecule has 1 aliphatic heterocycles. The van der Waals surface area contributed by atoms with Crippen LogP contribution in [0.4, 0.5) is 5.69 Å². The van der Waals surface area contributed by atoms with Gasteiger partial charge in [-0.1, -0.05) is 13.0 Å². The molecule has 2 rings (SSSR count). The maximum absolute atomic E-state index is 11.0. The molecule has 0 saturated carbocycles. The maximum Gasteiger partial charge on any atom is 0.329 e. The van der Waals surface area contributed by atoms with Gasteiger partial charge in [0, 0.05) is 7.05 Å². The van der Waals surface area contributed by atoms with Crippen LogP contribution >= 0.6 is 0 Å². The largest absolute Gasteiger partial charge is 0.489 e. The average molecular weight is 221 g/mol. The number of fused-ring (bicyclic) bond motifs is 1. The van der Waals surface area contributed by atoms with E-state index in [0.717, 1.165) is 17.9 Å². The zero-order valence-electron chi connectivity index (χ0n) is 9.43. The van der Waals surface area contributed by atoms with E-state index in [2.05, 4.69) is 6.92 Å². The van der Waals surface area contributed by atoms with Gasteiger partial charge in [0.05, 0.1) is 5.69 Å². The molecule has 1 aliphatic rings. The summed E-state index contributed by atoms with van der Waals surface area (Å²) in [4.78, 5) is 12.8. The molecule has 16 heavy (non-hydrogen) atoms. The Morgan fingerprint density at radius 3 is 3.00 bits per heavy atom. The Morgan fingerprint density at radius 2 is 2.38 bits per heavy atom. The third-order valence-corrected chi connectivity index (χ3v) is 2.96. The molecule has 1 heterocycles. The van der Waals surface area contributed by atoms with Gasteiger partial charge in [-0.2, -0.15) is 0 Å². The predicted octanol–water partition coefficient (Wildman–Crippen LogP) is 1.53. The van der Waals surface area contributed by atoms with Gasteiger partial charge in [0.25, 0.3) is 0 Å². The fourth-order valence-electron chi connectivity index (χ4n) is 1.87. The van der Waals surface area contributed by atoms with Crippen LogP contribution in [0, 0.1) is 0 Å². The number of benzene rings is 1. The van der Waals surface area contributed by atoms with Crippen LogP contribution in [-0.2, 0) is 11.2 Å². The van der Waals surface area contributed by atoms with Crippen molar-refractivity contribution in [2.75, 3.05) is 18.6 Å². The zero-order valence-corrected chi connectivity index (χ0v) is 9.43. The summed E-state index contributed by atoms with van der Waals surface area (Å²) < 4.78 is 5.44. The summed E-state index contributed by atoms with van der Waals surface area (Å²) in [5.41, 5.74) is 2.04. The molecule has 0 aromatic heterocycles. The number of carboxylic acid groups (broad SMARTS) is 1. The van der Waals surface area contributed by atoms with Gasteiger partial charge in [0.15, 0.2) is 6.04 Å². The maximum atomic E-state index is 11.0. The highest BCUT2D eigenvalue weighted by Crippen LogP contribution is 2.33. The van der Waals surface area contributed by atoms with Crippen molar-refractivity contribution in [1.29, 1.82) is 0 Å². The molecule has 0 amide bonds. The summed E-state index contributed by atoms with van der Waals surface area (Å²) in [6.07, 6.45) is 0.929. The first-order chi connectivity index (χ1) is 7.63. The Bertz CT molecular complexity index is 417. The van der Waals surface area contributed by atoms with E-state index in [1.807, 2.05) is 18.2 Å². The van der Waals surface area contributed by atoms with Crippen LogP contribution in [0.3, 0.4) is 0 Å². The van der Waals surface area contributed by atoms with Gasteiger partial charge >= 0.3 is 5.97 Å². The summed E-state index contributed by atoms with van der Waals surface area (Å²) >= 11 is 0. The molecule has 1 unspecified atom stereocenters. The first-order valence-corrected chi connectivity index (χ1v) is 5.35. The summed E-state index contributed by atoms with van der Waals surface area (Å²) in [6.45, 7) is 2.27. The summed E-state index contributed by atoms with van der Waals surface area (Å²) in [7, 11) is 1.79. The number of ether oxygens (including phenoxy) is 1. The number of likely N-dealkylation sites (N-methyl/N-ethyl adjacent to an activating group) is 1. The quantitative estimate of drug-likeness (QED) is 0.822. The Balaban J connectivity index is 2.38. The van der Waals surface area contributed by atoms with Crippen molar-refractivity contribution in [1.82, 2.24) is 0 Å². The molecule has 0 fully saturated rings. The lowest BCUT2D eigenvalue weighted by Crippen LogP contribution is -2.45. The van der Waals surface area contributed by atoms with Gasteiger partial charge in [-0.3, -0.25) is 0 Å². The fraction of sp³-hybridized carbons (Fsp3) is 0.417. The highest BCUT2D eigenvalue weighted by molar-refractivity contribution is 5.80. The highest BCUT2D eigenvalue weighted by Gasteiger charge is 2.30. The molecule has 0 saturated heterocycles. The zero-order chi connectivity index (χ0) is 11.7. The van der Waals surface area contributed by atoms with E-state index in [9.17, 15) is 4.79 Å². The van der Waals surface area contributed by atoms with Gasteiger partial charge in [-0.05, 0) is 24.1 Å². The molecular formula is C12H15NO3. The van der Waals surface area contributed by atoms with Crippen molar-refractivity contribution in [2.24, 2.45) is 0 Å². The van der Waals surface area contributed by atoms with E-state index in [1.54, 1.807) is 11.9 Å². The molecule has 86 valence electrons. The Hall–Kier alpha value is -1.71. The van der Waals surface area contributed by atoms with Crippen LogP contribution in [0.2, 0.25) is 0 Å². The number of hydrogen-bond acceptors (Lipinski definition) is 3. The lowest BCUT2D eigenvalue weighted by molar-refractivity contribution is -0.139. The molecule has 0 radical (unpaired) electrons. The molecule has 1 atom stereocenters. The van der Waals surface area contributed by atoms with Crippen molar-refractivity contribution in [3.8, 4) is 5.75 Å². The predicted molar refractivity (Wildman–Crippen MR) is 61.1 cm³/mol. The van der Waals surface area contributed by atoms with E-state index in [1.165, 1.54) is 5.56 Å². The van der Waals surface area contributed by atoms with Gasteiger partial charge in [-0.15, -0.1) is 0 Å². The van der Waals surface area contributed by atoms with Crippen LogP contribution in [0.1, 0.15) is 12.5 Å². The van der Waals surface area contributed by atoms with Gasteiger partial charge in [0.1, 0.15) is 12.4 Å². The molecule has 0 spiro atoms. The molecule has 0 aliphatic carbocycles. The van der Waals surface area contributed by atoms with Gasteiger partial charge < -0.3 is 14.7 Å². The Morgan fingerprint density at radius 1 is 1.62 bits per heavy atom. The topological polar surface area (TPSA) is 49.8 Å². The second-order valence-corrected chi connectivity index (χ2v) is 3.93. The fourth-order valence-corrected chi connectivity index (χ4v) is 1.87. The second-order valence-electron chi connectivity index (χ2n) is 3.93. The Kier molecular flexibility index (Phi) is 2.73. The van der Waals surface area contributed by atoms with Crippen LogP contribution in [0.25, 0.3) is 0 Å². The smallest absolute Gasteiger partial charge is 0.329 e. The number of aliphatic carboxylic acids is 1. The van der Waals surface area contributed by atoms with Crippen LogP contribution in [0.15, 0.2) is 18.2 Å². The third kappa shape index (κ3) is 1.71. The molecular weight excluding hydrogens is 206 g/mol. The standard InChI is InChI=1S/C12H15NO3/c1-3-8-4-5-11-9(6-8)13(2)10(7-16-11)12(14)15/h4-6,10H,3,7H2,1-2H3,(H,14,15). The first-order valence-electron chi connectivity index (χ1n) is 5.35. The minimum Gasteiger partial charge on any atom is -0.489 e. The van der Waals surface area contributed by atoms with E-state index in [-0.39, 0.29) is 6.61 Å².